The summed E-state index contributed by atoms with van der Waals surface area (Å²) in [6.45, 7) is 6.45. The Morgan fingerprint density at radius 1 is 1.04 bits per heavy atom. The second-order valence-electron chi connectivity index (χ2n) is 6.60. The Kier molecular flexibility index (Phi) is 9.19. The van der Waals surface area contributed by atoms with E-state index in [9.17, 15) is 4.79 Å². The van der Waals surface area contributed by atoms with Crippen LogP contribution in [0.1, 0.15) is 51.9 Å². The molecule has 1 fully saturated rings. The molecule has 1 saturated heterocycles. The van der Waals surface area contributed by atoms with Gasteiger partial charge in [-0.15, -0.1) is 0 Å². The second-order valence-corrected chi connectivity index (χ2v) is 6.60. The smallest absolute Gasteiger partial charge is 0.411 e. The lowest BCUT2D eigenvalue weighted by molar-refractivity contribution is 0.146. The van der Waals surface area contributed by atoms with Gasteiger partial charge in [0.25, 0.3) is 0 Å². The molecule has 5 heteroatoms. The van der Waals surface area contributed by atoms with Gasteiger partial charge in [0.2, 0.25) is 0 Å². The molecule has 0 aliphatic carbocycles. The molecule has 25 heavy (non-hydrogen) atoms. The van der Waals surface area contributed by atoms with Crippen LogP contribution in [-0.2, 0) is 4.74 Å². The van der Waals surface area contributed by atoms with Crippen molar-refractivity contribution in [2.24, 2.45) is 0 Å². The first-order valence-electron chi connectivity index (χ1n) is 9.67. The molecule has 0 bridgehead atoms. The minimum Gasteiger partial charge on any atom is -0.494 e. The van der Waals surface area contributed by atoms with Gasteiger partial charge in [0, 0.05) is 12.2 Å². The van der Waals surface area contributed by atoms with Crippen LogP contribution in [-0.4, -0.2) is 43.8 Å². The van der Waals surface area contributed by atoms with Gasteiger partial charge in [-0.05, 0) is 56.6 Å². The first-order valence-corrected chi connectivity index (χ1v) is 9.67. The number of hydrogen-bond acceptors (Lipinski definition) is 4. The summed E-state index contributed by atoms with van der Waals surface area (Å²) in [5.41, 5.74) is 0.724. The SMILES string of the molecule is CCCCCCCOc1ccc(NC(=O)OCCN2CCCC2)cc1. The van der Waals surface area contributed by atoms with E-state index in [2.05, 4.69) is 17.1 Å². The lowest BCUT2D eigenvalue weighted by Crippen LogP contribution is -2.26. The summed E-state index contributed by atoms with van der Waals surface area (Å²) in [6.07, 6.45) is 8.25. The lowest BCUT2D eigenvalue weighted by Gasteiger charge is -2.14. The number of amides is 1. The van der Waals surface area contributed by atoms with Gasteiger partial charge in [0.15, 0.2) is 0 Å². The molecule has 0 aromatic heterocycles. The molecule has 0 spiro atoms. The molecule has 0 unspecified atom stereocenters. The van der Waals surface area contributed by atoms with Crippen LogP contribution in [0.4, 0.5) is 10.5 Å². The van der Waals surface area contributed by atoms with E-state index in [4.69, 9.17) is 9.47 Å². The van der Waals surface area contributed by atoms with Crippen molar-refractivity contribution in [3.63, 3.8) is 0 Å². The minimum atomic E-state index is -0.399. The summed E-state index contributed by atoms with van der Waals surface area (Å²) in [6, 6.07) is 7.44. The lowest BCUT2D eigenvalue weighted by atomic mass is 10.2. The summed E-state index contributed by atoms with van der Waals surface area (Å²) in [5, 5.41) is 2.75. The normalized spacial score (nSPS) is 14.4. The van der Waals surface area contributed by atoms with Gasteiger partial charge in [-0.1, -0.05) is 32.6 Å². The van der Waals surface area contributed by atoms with E-state index >= 15 is 0 Å². The molecule has 140 valence electrons. The molecule has 0 radical (unpaired) electrons. The Balaban J connectivity index is 1.58. The summed E-state index contributed by atoms with van der Waals surface area (Å²) >= 11 is 0. The van der Waals surface area contributed by atoms with Crippen LogP contribution in [0.25, 0.3) is 0 Å². The van der Waals surface area contributed by atoms with E-state index in [1.807, 2.05) is 24.3 Å². The third-order valence-corrected chi connectivity index (χ3v) is 4.46. The highest BCUT2D eigenvalue weighted by atomic mass is 16.5. The average molecular weight is 348 g/mol. The zero-order valence-electron chi connectivity index (χ0n) is 15.5. The molecule has 0 atom stereocenters. The number of carbonyl (C=O) groups excluding carboxylic acids is 1. The number of benzene rings is 1. The topological polar surface area (TPSA) is 50.8 Å². The van der Waals surface area contributed by atoms with Crippen molar-refractivity contribution in [2.45, 2.75) is 51.9 Å². The Morgan fingerprint density at radius 3 is 2.48 bits per heavy atom. The van der Waals surface area contributed by atoms with Gasteiger partial charge in [-0.2, -0.15) is 0 Å². The number of nitrogens with one attached hydrogen (secondary N) is 1. The highest BCUT2D eigenvalue weighted by Crippen LogP contribution is 2.16. The number of ether oxygens (including phenoxy) is 2. The maximum atomic E-state index is 11.8. The molecule has 2 rings (SSSR count). The summed E-state index contributed by atoms with van der Waals surface area (Å²) in [4.78, 5) is 14.1. The van der Waals surface area contributed by atoms with Crippen molar-refractivity contribution in [1.29, 1.82) is 0 Å². The van der Waals surface area contributed by atoms with E-state index in [-0.39, 0.29) is 0 Å². The zero-order chi connectivity index (χ0) is 17.7. The van der Waals surface area contributed by atoms with Crippen molar-refractivity contribution in [3.05, 3.63) is 24.3 Å². The Hall–Kier alpha value is -1.75. The highest BCUT2D eigenvalue weighted by molar-refractivity contribution is 5.84. The summed E-state index contributed by atoms with van der Waals surface area (Å²) in [7, 11) is 0. The van der Waals surface area contributed by atoms with Crippen LogP contribution >= 0.6 is 0 Å². The van der Waals surface area contributed by atoms with Gasteiger partial charge < -0.3 is 9.47 Å². The van der Waals surface area contributed by atoms with Gasteiger partial charge in [-0.25, -0.2) is 4.79 Å². The number of anilines is 1. The highest BCUT2D eigenvalue weighted by Gasteiger charge is 2.11. The molecule has 0 saturated carbocycles. The van der Waals surface area contributed by atoms with Crippen LogP contribution < -0.4 is 10.1 Å². The Bertz CT molecular complexity index is 484. The van der Waals surface area contributed by atoms with Gasteiger partial charge >= 0.3 is 6.09 Å². The van der Waals surface area contributed by atoms with Crippen LogP contribution in [0.15, 0.2) is 24.3 Å². The van der Waals surface area contributed by atoms with E-state index in [0.717, 1.165) is 44.1 Å². The predicted octanol–water partition coefficient (Wildman–Crippen LogP) is 4.68. The number of likely N-dealkylation sites (tertiary alicyclic amines) is 1. The molecule has 1 N–H and O–H groups in total. The number of carbonyl (C=O) groups is 1. The third-order valence-electron chi connectivity index (χ3n) is 4.46. The van der Waals surface area contributed by atoms with E-state index in [0.29, 0.717) is 6.61 Å². The molecule has 5 nitrogen and oxygen atoms in total. The monoisotopic (exact) mass is 348 g/mol. The number of hydrogen-bond donors (Lipinski definition) is 1. The first-order chi connectivity index (χ1) is 12.3. The summed E-state index contributed by atoms with van der Waals surface area (Å²) < 4.78 is 10.9. The van der Waals surface area contributed by atoms with Crippen LogP contribution in [0, 0.1) is 0 Å². The van der Waals surface area contributed by atoms with Crippen molar-refractivity contribution in [2.75, 3.05) is 38.2 Å². The van der Waals surface area contributed by atoms with Crippen molar-refractivity contribution < 1.29 is 14.3 Å². The maximum Gasteiger partial charge on any atom is 0.411 e. The standard InChI is InChI=1S/C20H32N2O3/c1-2-3-4-5-8-16-24-19-11-9-18(10-12-19)21-20(23)25-17-15-22-13-6-7-14-22/h9-12H,2-8,13-17H2,1H3,(H,21,23). The molecular weight excluding hydrogens is 316 g/mol. The number of nitrogens with zero attached hydrogens (tertiary/aromatic N) is 1. The predicted molar refractivity (Wildman–Crippen MR) is 101 cm³/mol. The van der Waals surface area contributed by atoms with Crippen LogP contribution in [0.3, 0.4) is 0 Å². The minimum absolute atomic E-state index is 0.399. The largest absolute Gasteiger partial charge is 0.494 e. The van der Waals surface area contributed by atoms with Gasteiger partial charge in [0.05, 0.1) is 6.61 Å². The first kappa shape index (κ1) is 19.6. The molecule has 1 amide bonds. The molecular formula is C20H32N2O3. The summed E-state index contributed by atoms with van der Waals surface area (Å²) in [5.74, 6) is 0.837. The molecule has 1 aromatic carbocycles. The van der Waals surface area contributed by atoms with Crippen LogP contribution in [0.2, 0.25) is 0 Å². The maximum absolute atomic E-state index is 11.8. The number of rotatable bonds is 11. The molecule has 1 heterocycles. The van der Waals surface area contributed by atoms with E-state index in [1.54, 1.807) is 0 Å². The zero-order valence-corrected chi connectivity index (χ0v) is 15.5. The fourth-order valence-corrected chi connectivity index (χ4v) is 2.96. The molecule has 1 aliphatic rings. The average Bonchev–Trinajstić information content (AvgIpc) is 3.13. The van der Waals surface area contributed by atoms with Gasteiger partial charge in [-0.3, -0.25) is 10.2 Å². The fourth-order valence-electron chi connectivity index (χ4n) is 2.96. The number of unbranched alkanes of at least 4 members (excludes halogenated alkanes) is 4. The molecule has 1 aromatic rings. The van der Waals surface area contributed by atoms with E-state index in [1.165, 1.54) is 38.5 Å². The van der Waals surface area contributed by atoms with Crippen molar-refractivity contribution in [1.82, 2.24) is 4.90 Å². The Morgan fingerprint density at radius 2 is 1.76 bits per heavy atom. The second kappa shape index (κ2) is 11.7. The molecule has 1 aliphatic heterocycles. The van der Waals surface area contributed by atoms with Crippen molar-refractivity contribution >= 4 is 11.8 Å². The van der Waals surface area contributed by atoms with Crippen LogP contribution in [0.5, 0.6) is 5.75 Å². The Labute approximate surface area is 151 Å². The quantitative estimate of drug-likeness (QED) is 0.590. The van der Waals surface area contributed by atoms with Crippen molar-refractivity contribution in [3.8, 4) is 5.75 Å². The van der Waals surface area contributed by atoms with Gasteiger partial charge in [0.1, 0.15) is 12.4 Å². The van der Waals surface area contributed by atoms with E-state index < -0.39 is 6.09 Å². The third kappa shape index (κ3) is 8.25. The fraction of sp³-hybridized carbons (Fsp3) is 0.650.